The number of methoxy groups -OCH3 is 2. The number of piperidine rings is 2. The highest BCUT2D eigenvalue weighted by atomic mass is 32.1. The molecule has 2 aliphatic rings. The van der Waals surface area contributed by atoms with Gasteiger partial charge in [-0.3, -0.25) is 0 Å². The molecule has 0 radical (unpaired) electrons. The Morgan fingerprint density at radius 3 is 1.53 bits per heavy atom. The molecule has 2 fully saturated rings. The molecule has 6 heterocycles. The van der Waals surface area contributed by atoms with Crippen LogP contribution >= 0.6 is 22.7 Å². The molecule has 272 valence electrons. The maximum absolute atomic E-state index is 11.9. The summed E-state index contributed by atoms with van der Waals surface area (Å²) in [5, 5.41) is 7.23. The predicted molar refractivity (Wildman–Crippen MR) is 208 cm³/mol. The van der Waals surface area contributed by atoms with E-state index in [9.17, 15) is 9.59 Å². The van der Waals surface area contributed by atoms with Crippen molar-refractivity contribution >= 4 is 51.7 Å². The largest absolute Gasteiger partial charge is 0.465 e. The Morgan fingerprint density at radius 2 is 1.14 bits per heavy atom. The maximum atomic E-state index is 11.9. The zero-order chi connectivity index (χ0) is 36.8. The van der Waals surface area contributed by atoms with E-state index in [2.05, 4.69) is 44.0 Å². The van der Waals surface area contributed by atoms with Gasteiger partial charge in [-0.25, -0.2) is 29.5 Å². The standard InChI is InChI=1S/C19H23N3O2S.C15H21NO2S.C5H6N2/c1-4-15(17-13(2)16(12-25-17)18(23)24-3)14-6-10-22(11-7-14)19-20-8-5-9-21-19;1-4-12(11-5-7-16-8-6-11)14-10(2)13(9-19-14)15(17)18-3;1-5-6-3-2-4-7-5/h5,8-9,12H,4,6-7,10-11H2,1-3H3;9,16H,4-8H2,1-3H3;2-4H,1H3. The zero-order valence-corrected chi connectivity index (χ0v) is 32.5. The van der Waals surface area contributed by atoms with Gasteiger partial charge in [0.25, 0.3) is 0 Å². The van der Waals surface area contributed by atoms with E-state index in [1.807, 2.05) is 37.6 Å². The Balaban J connectivity index is 0.000000197. The molecule has 2 aliphatic heterocycles. The van der Waals surface area contributed by atoms with Gasteiger partial charge in [0.1, 0.15) is 5.82 Å². The minimum absolute atomic E-state index is 0.231. The molecule has 51 heavy (non-hydrogen) atoms. The van der Waals surface area contributed by atoms with Crippen molar-refractivity contribution < 1.29 is 19.1 Å². The zero-order valence-electron chi connectivity index (χ0n) is 30.9. The lowest BCUT2D eigenvalue weighted by molar-refractivity contribution is 0.0591. The Bertz CT molecular complexity index is 1780. The lowest BCUT2D eigenvalue weighted by Gasteiger charge is -2.29. The van der Waals surface area contributed by atoms with Crippen LogP contribution in [0.3, 0.4) is 0 Å². The number of carbonyl (C=O) groups excluding carboxylic acids is 2. The summed E-state index contributed by atoms with van der Waals surface area (Å²) in [5.41, 5.74) is 9.34. The number of esters is 2. The normalized spacial score (nSPS) is 14.1. The summed E-state index contributed by atoms with van der Waals surface area (Å²) in [6.45, 7) is 14.3. The van der Waals surface area contributed by atoms with Crippen LogP contribution in [0.15, 0.2) is 58.8 Å². The number of anilines is 1. The topological polar surface area (TPSA) is 119 Å². The van der Waals surface area contributed by atoms with Gasteiger partial charge < -0.3 is 19.7 Å². The van der Waals surface area contributed by atoms with Gasteiger partial charge >= 0.3 is 11.9 Å². The monoisotopic (exact) mass is 730 g/mol. The fourth-order valence-corrected chi connectivity index (χ4v) is 8.78. The van der Waals surface area contributed by atoms with Gasteiger partial charge in [-0.05, 0) is 107 Å². The first kappa shape index (κ1) is 39.5. The SMILES string of the molecule is CCC(=C1CCN(c2ncccn2)CC1)c1scc(C(=O)OC)c1C.CCC(=C1CCNCC1)c1scc(C(=O)OC)c1C.Cc1ncccn1. The number of allylic oxidation sites excluding steroid dienone is 2. The fourth-order valence-electron chi connectivity index (χ4n) is 6.33. The van der Waals surface area contributed by atoms with Gasteiger partial charge in [0, 0.05) is 58.4 Å². The number of nitrogens with one attached hydrogen (secondary N) is 1. The number of aromatic nitrogens is 4. The van der Waals surface area contributed by atoms with E-state index in [1.165, 1.54) is 40.7 Å². The minimum atomic E-state index is -0.253. The second-order valence-electron chi connectivity index (χ2n) is 12.1. The number of rotatable bonds is 7. The van der Waals surface area contributed by atoms with Gasteiger partial charge in [-0.2, -0.15) is 0 Å². The molecule has 0 spiro atoms. The van der Waals surface area contributed by atoms with Crippen molar-refractivity contribution in [2.24, 2.45) is 0 Å². The predicted octanol–water partition coefficient (Wildman–Crippen LogP) is 8.27. The highest BCUT2D eigenvalue weighted by molar-refractivity contribution is 7.12. The molecular weight excluding hydrogens is 681 g/mol. The molecule has 0 saturated carbocycles. The summed E-state index contributed by atoms with van der Waals surface area (Å²) in [7, 11) is 2.87. The quantitative estimate of drug-likeness (QED) is 0.186. The molecule has 10 nitrogen and oxygen atoms in total. The summed E-state index contributed by atoms with van der Waals surface area (Å²) < 4.78 is 9.71. The van der Waals surface area contributed by atoms with E-state index in [1.54, 1.807) is 59.1 Å². The first-order valence-corrected chi connectivity index (χ1v) is 19.2. The number of thiophene rings is 2. The van der Waals surface area contributed by atoms with Gasteiger partial charge in [0.05, 0.1) is 25.3 Å². The number of hydrogen-bond donors (Lipinski definition) is 1. The first-order valence-electron chi connectivity index (χ1n) is 17.4. The lowest BCUT2D eigenvalue weighted by Crippen LogP contribution is -2.32. The Morgan fingerprint density at radius 1 is 0.706 bits per heavy atom. The van der Waals surface area contributed by atoms with Crippen molar-refractivity contribution in [3.63, 3.8) is 0 Å². The molecule has 2 saturated heterocycles. The molecule has 0 atom stereocenters. The maximum Gasteiger partial charge on any atom is 0.338 e. The number of ether oxygens (including phenoxy) is 2. The van der Waals surface area contributed by atoms with Crippen LogP contribution in [0.2, 0.25) is 0 Å². The molecule has 0 bridgehead atoms. The average molecular weight is 731 g/mol. The number of aryl methyl sites for hydroxylation is 1. The smallest absolute Gasteiger partial charge is 0.338 e. The molecule has 4 aromatic heterocycles. The highest BCUT2D eigenvalue weighted by Crippen LogP contribution is 2.37. The van der Waals surface area contributed by atoms with Crippen LogP contribution in [0.5, 0.6) is 0 Å². The minimum Gasteiger partial charge on any atom is -0.465 e. The molecule has 0 aliphatic carbocycles. The molecular formula is C39H50N6O4S2. The van der Waals surface area contributed by atoms with E-state index < -0.39 is 0 Å². The van der Waals surface area contributed by atoms with Crippen molar-refractivity contribution in [1.29, 1.82) is 0 Å². The van der Waals surface area contributed by atoms with Crippen LogP contribution in [0, 0.1) is 20.8 Å². The van der Waals surface area contributed by atoms with Gasteiger partial charge in [0.15, 0.2) is 0 Å². The molecule has 4 aromatic rings. The van der Waals surface area contributed by atoms with Crippen LogP contribution in [0.4, 0.5) is 5.95 Å². The van der Waals surface area contributed by atoms with Gasteiger partial charge in [0.2, 0.25) is 5.95 Å². The molecule has 6 rings (SSSR count). The molecule has 1 N–H and O–H groups in total. The summed E-state index contributed by atoms with van der Waals surface area (Å²) in [6.07, 6.45) is 13.3. The second-order valence-corrected chi connectivity index (χ2v) is 13.9. The van der Waals surface area contributed by atoms with E-state index in [0.29, 0.717) is 11.1 Å². The van der Waals surface area contributed by atoms with E-state index in [4.69, 9.17) is 9.47 Å². The summed E-state index contributed by atoms with van der Waals surface area (Å²) in [5.74, 6) is 1.14. The van der Waals surface area contributed by atoms with E-state index in [-0.39, 0.29) is 11.9 Å². The fraction of sp³-hybridized carbons (Fsp3) is 0.436. The summed E-state index contributed by atoms with van der Waals surface area (Å²) in [6, 6.07) is 3.64. The van der Waals surface area contributed by atoms with Crippen molar-refractivity contribution in [3.8, 4) is 0 Å². The van der Waals surface area contributed by atoms with E-state index >= 15 is 0 Å². The number of carbonyl (C=O) groups is 2. The lowest BCUT2D eigenvalue weighted by atomic mass is 9.93. The van der Waals surface area contributed by atoms with Gasteiger partial charge in [-0.15, -0.1) is 22.7 Å². The third-order valence-electron chi connectivity index (χ3n) is 9.10. The van der Waals surface area contributed by atoms with Gasteiger partial charge in [-0.1, -0.05) is 25.0 Å². The van der Waals surface area contributed by atoms with Crippen molar-refractivity contribution in [1.82, 2.24) is 25.3 Å². The van der Waals surface area contributed by atoms with E-state index in [0.717, 1.165) is 87.6 Å². The molecule has 0 amide bonds. The van der Waals surface area contributed by atoms with Crippen LogP contribution in [0.25, 0.3) is 11.1 Å². The average Bonchev–Trinajstić information content (AvgIpc) is 3.75. The van der Waals surface area contributed by atoms with Crippen molar-refractivity contribution in [2.75, 3.05) is 45.3 Å². The Hall–Kier alpha value is -4.26. The third-order valence-corrected chi connectivity index (χ3v) is 11.4. The second kappa shape index (κ2) is 20.0. The van der Waals surface area contributed by atoms with Crippen LogP contribution in [0.1, 0.15) is 99.8 Å². The first-order chi connectivity index (χ1) is 24.7. The summed E-state index contributed by atoms with van der Waals surface area (Å²) >= 11 is 3.31. The molecule has 0 unspecified atom stereocenters. The highest BCUT2D eigenvalue weighted by Gasteiger charge is 2.23. The number of nitrogens with zero attached hydrogens (tertiary/aromatic N) is 5. The van der Waals surface area contributed by atoms with Crippen LogP contribution in [-0.2, 0) is 9.47 Å². The van der Waals surface area contributed by atoms with Crippen molar-refractivity contribution in [2.45, 2.75) is 73.1 Å². The molecule has 12 heteroatoms. The Kier molecular flexibility index (Phi) is 15.5. The third kappa shape index (κ3) is 10.4. The van der Waals surface area contributed by atoms with Crippen molar-refractivity contribution in [3.05, 3.63) is 96.7 Å². The number of hydrogen-bond acceptors (Lipinski definition) is 12. The Labute approximate surface area is 310 Å². The molecule has 0 aromatic carbocycles. The van der Waals surface area contributed by atoms with Crippen LogP contribution in [-0.4, -0.2) is 72.3 Å². The summed E-state index contributed by atoms with van der Waals surface area (Å²) in [4.78, 5) is 44.7. The van der Waals surface area contributed by atoms with Crippen LogP contribution < -0.4 is 10.2 Å².